The van der Waals surface area contributed by atoms with Crippen LogP contribution < -0.4 is 0 Å². The molecule has 0 bridgehead atoms. The first-order chi connectivity index (χ1) is 19.5. The van der Waals surface area contributed by atoms with Gasteiger partial charge in [0, 0.05) is 32.8 Å². The first-order valence-electron chi connectivity index (χ1n) is 14.0. The monoisotopic (exact) mass is 516 g/mol. The fourth-order valence-corrected chi connectivity index (χ4v) is 6.62. The highest BCUT2D eigenvalue weighted by atomic mass is 16.3. The first-order valence-corrected chi connectivity index (χ1v) is 14.0. The van der Waals surface area contributed by atoms with E-state index < -0.39 is 0 Å². The topological polar surface area (TPSA) is 38.9 Å². The van der Waals surface area contributed by atoms with Crippen molar-refractivity contribution < 1.29 is 4.42 Å². The van der Waals surface area contributed by atoms with Crippen LogP contribution in [0.25, 0.3) is 71.5 Å². The minimum Gasteiger partial charge on any atom is -0.455 e. The second-order valence-electron chi connectivity index (χ2n) is 11.3. The van der Waals surface area contributed by atoms with Crippen LogP contribution in [0.3, 0.4) is 0 Å². The molecule has 0 saturated carbocycles. The van der Waals surface area contributed by atoms with Gasteiger partial charge in [0.25, 0.3) is 0 Å². The van der Waals surface area contributed by atoms with Crippen LogP contribution in [0.15, 0.2) is 102 Å². The van der Waals surface area contributed by atoms with Gasteiger partial charge in [0.05, 0.1) is 22.9 Å². The van der Waals surface area contributed by atoms with Crippen molar-refractivity contribution in [2.24, 2.45) is 5.92 Å². The zero-order valence-electron chi connectivity index (χ0n) is 22.8. The van der Waals surface area contributed by atoms with E-state index in [2.05, 4.69) is 112 Å². The number of allylic oxidation sites excluding steroid dienone is 2. The van der Waals surface area contributed by atoms with E-state index >= 15 is 0 Å². The van der Waals surface area contributed by atoms with E-state index in [4.69, 9.17) is 14.4 Å². The Morgan fingerprint density at radius 2 is 1.43 bits per heavy atom. The first kappa shape index (κ1) is 23.2. The van der Waals surface area contributed by atoms with E-state index in [1.54, 1.807) is 0 Å². The van der Waals surface area contributed by atoms with Crippen molar-refractivity contribution in [3.05, 3.63) is 114 Å². The Hall–Kier alpha value is -4.76. The average Bonchev–Trinajstić information content (AvgIpc) is 3.35. The molecule has 0 spiro atoms. The third-order valence-corrected chi connectivity index (χ3v) is 8.35. The van der Waals surface area contributed by atoms with Crippen molar-refractivity contribution in [1.82, 2.24) is 9.97 Å². The fraction of sp³-hybridized carbons (Fsp3) is 0.135. The molecule has 0 amide bonds. The van der Waals surface area contributed by atoms with Crippen LogP contribution in [0.4, 0.5) is 0 Å². The normalized spacial score (nSPS) is 15.2. The summed E-state index contributed by atoms with van der Waals surface area (Å²) >= 11 is 0. The number of fused-ring (bicyclic) bond motifs is 9. The Labute approximate surface area is 232 Å². The zero-order chi connectivity index (χ0) is 27.0. The van der Waals surface area contributed by atoms with E-state index in [0.29, 0.717) is 5.92 Å². The zero-order valence-corrected chi connectivity index (χ0v) is 22.8. The Morgan fingerprint density at radius 1 is 0.725 bits per heavy atom. The number of aryl methyl sites for hydroxylation is 1. The summed E-state index contributed by atoms with van der Waals surface area (Å²) in [5.41, 5.74) is 10.8. The second-order valence-corrected chi connectivity index (χ2v) is 11.3. The number of hydrogen-bond donors (Lipinski definition) is 0. The molecule has 0 saturated heterocycles. The number of furan rings is 1. The van der Waals surface area contributed by atoms with Gasteiger partial charge in [-0.15, -0.1) is 0 Å². The predicted octanol–water partition coefficient (Wildman–Crippen LogP) is 9.92. The van der Waals surface area contributed by atoms with Gasteiger partial charge in [0.2, 0.25) is 0 Å². The maximum atomic E-state index is 6.59. The highest BCUT2D eigenvalue weighted by Gasteiger charge is 2.24. The number of nitrogens with zero attached hydrogens (tertiary/aromatic N) is 2. The molecule has 1 unspecified atom stereocenters. The van der Waals surface area contributed by atoms with Crippen LogP contribution >= 0.6 is 0 Å². The third-order valence-electron chi connectivity index (χ3n) is 8.35. The number of aromatic nitrogens is 2. The van der Waals surface area contributed by atoms with E-state index in [9.17, 15) is 0 Å². The fourth-order valence-electron chi connectivity index (χ4n) is 6.62. The van der Waals surface area contributed by atoms with E-state index in [0.717, 1.165) is 62.0 Å². The van der Waals surface area contributed by atoms with Gasteiger partial charge >= 0.3 is 0 Å². The molecule has 1 aliphatic carbocycles. The van der Waals surface area contributed by atoms with Crippen molar-refractivity contribution in [2.45, 2.75) is 27.2 Å². The summed E-state index contributed by atoms with van der Waals surface area (Å²) in [7, 11) is 0. The Kier molecular flexibility index (Phi) is 4.99. The largest absolute Gasteiger partial charge is 0.455 e. The van der Waals surface area contributed by atoms with Crippen molar-refractivity contribution in [2.75, 3.05) is 0 Å². The van der Waals surface area contributed by atoms with Gasteiger partial charge in [-0.2, -0.15) is 0 Å². The van der Waals surface area contributed by atoms with Crippen molar-refractivity contribution in [3.63, 3.8) is 0 Å². The van der Waals surface area contributed by atoms with Gasteiger partial charge in [0.1, 0.15) is 11.3 Å². The van der Waals surface area contributed by atoms with Crippen molar-refractivity contribution in [3.8, 4) is 22.4 Å². The van der Waals surface area contributed by atoms with Crippen molar-refractivity contribution in [1.29, 1.82) is 0 Å². The molecule has 3 nitrogen and oxygen atoms in total. The minimum absolute atomic E-state index is 0.514. The van der Waals surface area contributed by atoms with Gasteiger partial charge in [-0.1, -0.05) is 79.7 Å². The summed E-state index contributed by atoms with van der Waals surface area (Å²) in [6.45, 7) is 6.61. The summed E-state index contributed by atoms with van der Waals surface area (Å²) in [6, 6.07) is 30.1. The summed E-state index contributed by atoms with van der Waals surface area (Å²) in [5.74, 6) is 1.55. The number of benzene rings is 5. The molecular weight excluding hydrogens is 488 g/mol. The average molecular weight is 517 g/mol. The number of hydrogen-bond acceptors (Lipinski definition) is 3. The van der Waals surface area contributed by atoms with E-state index in [1.165, 1.54) is 32.9 Å². The van der Waals surface area contributed by atoms with Crippen LogP contribution in [-0.4, -0.2) is 9.97 Å². The highest BCUT2D eigenvalue weighted by Crippen LogP contribution is 2.42. The molecule has 7 aromatic rings. The molecule has 2 heterocycles. The van der Waals surface area contributed by atoms with Gasteiger partial charge in [-0.25, -0.2) is 4.98 Å². The lowest BCUT2D eigenvalue weighted by Crippen LogP contribution is -2.03. The molecular formula is C37H28N2O. The molecule has 5 aromatic carbocycles. The SMILES string of the molecule is CC1=CC(C)Cc2c1oc1c(-c3cccc(-c4cnc5c6ccccc6c6ccccc6c5n4)c3)cc(C)cc21. The third kappa shape index (κ3) is 3.44. The Morgan fingerprint density at radius 3 is 2.20 bits per heavy atom. The summed E-state index contributed by atoms with van der Waals surface area (Å²) in [6.07, 6.45) is 5.25. The molecule has 2 aromatic heterocycles. The van der Waals surface area contributed by atoms with E-state index in [1.807, 2.05) is 6.20 Å². The molecule has 0 fully saturated rings. The van der Waals surface area contributed by atoms with Crippen LogP contribution in [0, 0.1) is 12.8 Å². The maximum absolute atomic E-state index is 6.59. The van der Waals surface area contributed by atoms with Gasteiger partial charge in [0.15, 0.2) is 0 Å². The summed E-state index contributed by atoms with van der Waals surface area (Å²) in [4.78, 5) is 10.2. The summed E-state index contributed by atoms with van der Waals surface area (Å²) in [5, 5.41) is 5.90. The predicted molar refractivity (Wildman–Crippen MR) is 166 cm³/mol. The van der Waals surface area contributed by atoms with Crippen LogP contribution in [0.2, 0.25) is 0 Å². The number of rotatable bonds is 2. The Bertz CT molecular complexity index is 2150. The molecule has 8 rings (SSSR count). The van der Waals surface area contributed by atoms with Gasteiger partial charge in [-0.3, -0.25) is 4.98 Å². The standard InChI is InChI=1S/C37H28N2O/c1-21-15-23(3)36-31(17-21)32-18-22(2)16-30(37(32)40-36)24-9-8-10-25(19-24)33-20-38-34-28-13-6-4-11-26(28)27-12-5-7-14-29(27)35(34)39-33/h4-16,18-21H,17H2,1-3H3. The molecule has 192 valence electrons. The lowest BCUT2D eigenvalue weighted by atomic mass is 9.88. The van der Waals surface area contributed by atoms with Crippen LogP contribution in [-0.2, 0) is 6.42 Å². The van der Waals surface area contributed by atoms with Gasteiger partial charge in [-0.05, 0) is 71.9 Å². The molecule has 40 heavy (non-hydrogen) atoms. The van der Waals surface area contributed by atoms with E-state index in [-0.39, 0.29) is 0 Å². The highest BCUT2D eigenvalue weighted by molar-refractivity contribution is 6.23. The molecule has 0 N–H and O–H groups in total. The van der Waals surface area contributed by atoms with Gasteiger partial charge < -0.3 is 4.42 Å². The molecule has 0 radical (unpaired) electrons. The molecule has 1 atom stereocenters. The second kappa shape index (κ2) is 8.62. The summed E-state index contributed by atoms with van der Waals surface area (Å²) < 4.78 is 6.59. The lowest BCUT2D eigenvalue weighted by Gasteiger charge is -2.14. The Balaban J connectivity index is 1.32. The molecule has 1 aliphatic rings. The smallest absolute Gasteiger partial charge is 0.142 e. The van der Waals surface area contributed by atoms with Crippen LogP contribution in [0.5, 0.6) is 0 Å². The quantitative estimate of drug-likeness (QED) is 0.215. The van der Waals surface area contributed by atoms with Crippen LogP contribution in [0.1, 0.15) is 30.7 Å². The molecule has 0 aliphatic heterocycles. The lowest BCUT2D eigenvalue weighted by molar-refractivity contribution is 0.578. The molecule has 3 heteroatoms. The van der Waals surface area contributed by atoms with Crippen molar-refractivity contribution >= 4 is 49.1 Å². The minimum atomic E-state index is 0.514. The maximum Gasteiger partial charge on any atom is 0.142 e.